The van der Waals surface area contributed by atoms with Gasteiger partial charge in [-0.25, -0.2) is 9.69 Å². The number of nitrogens with zero attached hydrogens (tertiary/aromatic N) is 3. The highest BCUT2D eigenvalue weighted by molar-refractivity contribution is 9.10. The van der Waals surface area contributed by atoms with E-state index in [1.807, 2.05) is 43.3 Å². The quantitative estimate of drug-likeness (QED) is 0.191. The molecule has 3 unspecified atom stereocenters. The number of carbonyl (C=O) groups is 4. The van der Waals surface area contributed by atoms with Crippen LogP contribution < -0.4 is 20.0 Å². The van der Waals surface area contributed by atoms with Gasteiger partial charge >= 0.3 is 10.8 Å². The Morgan fingerprint density at radius 2 is 1.61 bits per heavy atom. The third-order valence-electron chi connectivity index (χ3n) is 7.88. The Balaban J connectivity index is 1.34. The number of esters is 1. The molecule has 0 radical (unpaired) electrons. The maximum absolute atomic E-state index is 14.1. The molecule has 3 amide bonds. The maximum Gasteiger partial charge on any atom is 0.338 e. The molecule has 3 atom stereocenters. The second-order valence-electron chi connectivity index (χ2n) is 11.0. The summed E-state index contributed by atoms with van der Waals surface area (Å²) in [4.78, 5) is 70.1. The first kappa shape index (κ1) is 31.8. The first-order chi connectivity index (χ1) is 22.1. The molecule has 46 heavy (non-hydrogen) atoms. The monoisotopic (exact) mass is 720 g/mol. The molecule has 10 nitrogen and oxygen atoms in total. The second-order valence-corrected chi connectivity index (χ2v) is 14.0. The van der Waals surface area contributed by atoms with Crippen molar-refractivity contribution in [3.63, 3.8) is 0 Å². The van der Waals surface area contributed by atoms with E-state index >= 15 is 0 Å². The van der Waals surface area contributed by atoms with Crippen molar-refractivity contribution in [3.05, 3.63) is 103 Å². The van der Waals surface area contributed by atoms with Crippen molar-refractivity contribution in [3.8, 4) is 0 Å². The third kappa shape index (κ3) is 5.90. The highest BCUT2D eigenvalue weighted by atomic mass is 79.9. The SMILES string of the molecule is CCOC(=O)c1ccc(NC(=O)Cn2c3c(sc2=O)C(c2ccc(N(C)C)cc2)C2C(=O)N(c4ccc(Br)cc4)C(=O)C2S3)cc1. The number of thioether (sulfide) groups is 1. The lowest BCUT2D eigenvalue weighted by Crippen LogP contribution is -2.33. The molecule has 236 valence electrons. The Morgan fingerprint density at radius 1 is 0.935 bits per heavy atom. The Labute approximate surface area is 281 Å². The summed E-state index contributed by atoms with van der Waals surface area (Å²) >= 11 is 5.57. The van der Waals surface area contributed by atoms with Gasteiger partial charge in [-0.05, 0) is 73.2 Å². The number of hydrogen-bond donors (Lipinski definition) is 1. The zero-order chi connectivity index (χ0) is 32.7. The van der Waals surface area contributed by atoms with Crippen LogP contribution in [-0.2, 0) is 25.7 Å². The molecule has 1 N–H and O–H groups in total. The molecule has 1 fully saturated rings. The highest BCUT2D eigenvalue weighted by Crippen LogP contribution is 2.54. The normalized spacial score (nSPS) is 18.6. The number of nitrogens with one attached hydrogen (secondary N) is 1. The average molecular weight is 722 g/mol. The molecule has 1 saturated heterocycles. The molecule has 6 rings (SSSR count). The largest absolute Gasteiger partial charge is 0.462 e. The van der Waals surface area contributed by atoms with Crippen LogP contribution in [0, 0.1) is 5.92 Å². The smallest absolute Gasteiger partial charge is 0.338 e. The van der Waals surface area contributed by atoms with Gasteiger partial charge in [0.15, 0.2) is 0 Å². The van der Waals surface area contributed by atoms with Crippen molar-refractivity contribution in [2.75, 3.05) is 35.8 Å². The predicted octanol–water partition coefficient (Wildman–Crippen LogP) is 5.35. The minimum absolute atomic E-state index is 0.251. The summed E-state index contributed by atoms with van der Waals surface area (Å²) < 4.78 is 7.20. The molecule has 2 aliphatic heterocycles. The zero-order valence-electron chi connectivity index (χ0n) is 25.1. The van der Waals surface area contributed by atoms with Crippen LogP contribution in [-0.4, -0.2) is 54.2 Å². The van der Waals surface area contributed by atoms with Crippen LogP contribution in [0.2, 0.25) is 0 Å². The van der Waals surface area contributed by atoms with Crippen molar-refractivity contribution in [2.24, 2.45) is 5.92 Å². The van der Waals surface area contributed by atoms with Crippen molar-refractivity contribution in [2.45, 2.75) is 29.7 Å². The molecule has 4 aromatic rings. The van der Waals surface area contributed by atoms with Gasteiger partial charge in [0.25, 0.3) is 0 Å². The Kier molecular flexibility index (Phi) is 8.90. The molecule has 0 spiro atoms. The zero-order valence-corrected chi connectivity index (χ0v) is 28.3. The van der Waals surface area contributed by atoms with Crippen molar-refractivity contribution < 1.29 is 23.9 Å². The van der Waals surface area contributed by atoms with Gasteiger partial charge in [-0.1, -0.05) is 51.2 Å². The standard InChI is InChI=1S/C33H29BrN4O6S2/c1-4-44-32(42)19-5-11-21(12-6-19)35-24(39)17-37-31-28(46-33(37)43)25(18-7-13-22(14-8-18)36(2)3)26-27(45-31)30(41)38(29(26)40)23-15-9-20(34)10-16-23/h5-16,25-27H,4,17H2,1-3H3,(H,35,39). The fourth-order valence-corrected chi connectivity index (χ4v) is 8.72. The van der Waals surface area contributed by atoms with E-state index in [2.05, 4.69) is 21.2 Å². The van der Waals surface area contributed by atoms with E-state index in [0.717, 1.165) is 27.1 Å². The van der Waals surface area contributed by atoms with Crippen molar-refractivity contribution in [1.29, 1.82) is 0 Å². The van der Waals surface area contributed by atoms with Gasteiger partial charge in [-0.3, -0.25) is 23.7 Å². The van der Waals surface area contributed by atoms with Crippen LogP contribution in [0.1, 0.15) is 33.6 Å². The molecule has 3 heterocycles. The maximum atomic E-state index is 14.1. The van der Waals surface area contributed by atoms with E-state index in [4.69, 9.17) is 4.74 Å². The Hall–Kier alpha value is -4.20. The average Bonchev–Trinajstić information content (AvgIpc) is 3.48. The molecule has 0 bridgehead atoms. The molecule has 0 aliphatic carbocycles. The van der Waals surface area contributed by atoms with Gasteiger partial charge in [-0.2, -0.15) is 0 Å². The van der Waals surface area contributed by atoms with Gasteiger partial charge in [0.05, 0.1) is 28.8 Å². The number of imide groups is 1. The van der Waals surface area contributed by atoms with E-state index in [1.54, 1.807) is 55.5 Å². The number of carbonyl (C=O) groups excluding carboxylic acids is 4. The lowest BCUT2D eigenvalue weighted by molar-refractivity contribution is -0.122. The summed E-state index contributed by atoms with van der Waals surface area (Å²) in [6.45, 7) is 1.68. The minimum atomic E-state index is -0.791. The number of halogens is 1. The van der Waals surface area contributed by atoms with E-state index < -0.39 is 29.0 Å². The number of ether oxygens (including phenoxy) is 1. The third-order valence-corrected chi connectivity index (χ3v) is 11.0. The first-order valence-electron chi connectivity index (χ1n) is 14.4. The predicted molar refractivity (Wildman–Crippen MR) is 182 cm³/mol. The summed E-state index contributed by atoms with van der Waals surface area (Å²) in [5.74, 6) is -2.90. The van der Waals surface area contributed by atoms with Crippen LogP contribution >= 0.6 is 39.0 Å². The Morgan fingerprint density at radius 3 is 2.24 bits per heavy atom. The molecule has 1 aromatic heterocycles. The van der Waals surface area contributed by atoms with Gasteiger partial charge < -0.3 is 15.0 Å². The number of amides is 3. The first-order valence-corrected chi connectivity index (χ1v) is 16.9. The summed E-state index contributed by atoms with van der Waals surface area (Å²) in [5.41, 5.74) is 3.05. The second kappa shape index (κ2) is 12.9. The van der Waals surface area contributed by atoms with Crippen LogP contribution in [0.15, 0.2) is 87.1 Å². The highest BCUT2D eigenvalue weighted by Gasteiger charge is 2.56. The van der Waals surface area contributed by atoms with Gasteiger partial charge in [0.2, 0.25) is 17.7 Å². The molecule has 2 aliphatic rings. The topological polar surface area (TPSA) is 118 Å². The Bertz CT molecular complexity index is 1890. The number of fused-ring (bicyclic) bond motifs is 2. The molecular formula is C33H29BrN4O6S2. The molecule has 0 saturated carbocycles. The molecular weight excluding hydrogens is 692 g/mol. The lowest BCUT2D eigenvalue weighted by Gasteiger charge is -2.31. The lowest BCUT2D eigenvalue weighted by atomic mass is 9.83. The number of anilines is 3. The van der Waals surface area contributed by atoms with E-state index in [-0.39, 0.29) is 29.8 Å². The van der Waals surface area contributed by atoms with E-state index in [0.29, 0.717) is 26.8 Å². The van der Waals surface area contributed by atoms with Gasteiger partial charge in [0, 0.05) is 40.7 Å². The van der Waals surface area contributed by atoms with Crippen LogP contribution in [0.5, 0.6) is 0 Å². The number of aromatic nitrogens is 1. The van der Waals surface area contributed by atoms with E-state index in [1.165, 1.54) is 21.2 Å². The van der Waals surface area contributed by atoms with Crippen molar-refractivity contribution >= 4 is 79.8 Å². The summed E-state index contributed by atoms with van der Waals surface area (Å²) in [5, 5.41) is 2.49. The van der Waals surface area contributed by atoms with Crippen molar-refractivity contribution in [1.82, 2.24) is 4.57 Å². The summed E-state index contributed by atoms with van der Waals surface area (Å²) in [6.07, 6.45) is 0. The number of benzene rings is 3. The number of rotatable bonds is 8. The fraction of sp³-hybridized carbons (Fsp3) is 0.242. The number of thiazole rings is 1. The molecule has 3 aromatic carbocycles. The van der Waals surface area contributed by atoms with Crippen LogP contribution in [0.3, 0.4) is 0 Å². The van der Waals surface area contributed by atoms with Gasteiger partial charge in [0.1, 0.15) is 11.8 Å². The van der Waals surface area contributed by atoms with Gasteiger partial charge in [-0.15, -0.1) is 0 Å². The van der Waals surface area contributed by atoms with E-state index in [9.17, 15) is 24.0 Å². The summed E-state index contributed by atoms with van der Waals surface area (Å²) in [7, 11) is 3.86. The van der Waals surface area contributed by atoms with Crippen LogP contribution in [0.4, 0.5) is 17.1 Å². The summed E-state index contributed by atoms with van der Waals surface area (Å²) in [6, 6.07) is 21.0. The molecule has 13 heteroatoms. The fourth-order valence-electron chi connectivity index (χ4n) is 5.69. The number of hydrogen-bond acceptors (Lipinski definition) is 9. The minimum Gasteiger partial charge on any atom is -0.462 e. The van der Waals surface area contributed by atoms with Crippen LogP contribution in [0.25, 0.3) is 0 Å².